The smallest absolute Gasteiger partial charge is 0.316 e. The number of rotatable bonds is 24. The maximum absolute atomic E-state index is 13.0. The van der Waals surface area contributed by atoms with Crippen LogP contribution in [0.5, 0.6) is 0 Å². The molecule has 222 valence electrons. The molecule has 39 heavy (non-hydrogen) atoms. The Balaban J connectivity index is 2.22. The van der Waals surface area contributed by atoms with E-state index in [2.05, 4.69) is 19.2 Å². The van der Waals surface area contributed by atoms with Crippen molar-refractivity contribution in [3.05, 3.63) is 29.8 Å². The van der Waals surface area contributed by atoms with Crippen LogP contribution in [0.1, 0.15) is 134 Å². The number of ether oxygens (including phenoxy) is 2. The van der Waals surface area contributed by atoms with Gasteiger partial charge in [-0.05, 0) is 56.9 Å². The molecule has 0 saturated carbocycles. The fraction of sp³-hybridized carbons (Fsp3) is 0.727. The van der Waals surface area contributed by atoms with Crippen LogP contribution in [-0.2, 0) is 19.1 Å². The van der Waals surface area contributed by atoms with Crippen LogP contribution in [0.2, 0.25) is 0 Å². The normalized spacial score (nSPS) is 11.8. The van der Waals surface area contributed by atoms with Gasteiger partial charge >= 0.3 is 11.9 Å². The quantitative estimate of drug-likeness (QED) is 0.0607. The summed E-state index contributed by atoms with van der Waals surface area (Å²) in [6, 6.07) is 7.19. The second kappa shape index (κ2) is 22.4. The molecule has 6 nitrogen and oxygen atoms in total. The maximum Gasteiger partial charge on any atom is 0.316 e. The number of hydrogen-bond acceptors (Lipinski definition) is 6. The van der Waals surface area contributed by atoms with Gasteiger partial charge in [0.1, 0.15) is 5.92 Å². The lowest BCUT2D eigenvalue weighted by Crippen LogP contribution is -2.27. The number of unbranched alkanes of at least 4 members (excludes halogenated alkanes) is 11. The van der Waals surface area contributed by atoms with Crippen molar-refractivity contribution in [3.8, 4) is 0 Å². The third-order valence-electron chi connectivity index (χ3n) is 7.04. The zero-order valence-corrected chi connectivity index (χ0v) is 25.2. The Morgan fingerprint density at radius 2 is 1.21 bits per heavy atom. The van der Waals surface area contributed by atoms with E-state index >= 15 is 0 Å². The van der Waals surface area contributed by atoms with E-state index in [0.29, 0.717) is 5.56 Å². The lowest BCUT2D eigenvalue weighted by Gasteiger charge is -2.15. The number of esters is 2. The number of Topliss-reactive ketones (excluding diaryl/α,β-unsaturated/α-hetero) is 1. The zero-order chi connectivity index (χ0) is 28.7. The molecule has 0 spiro atoms. The van der Waals surface area contributed by atoms with Gasteiger partial charge in [-0.25, -0.2) is 0 Å². The summed E-state index contributed by atoms with van der Waals surface area (Å²) in [7, 11) is 0. The molecule has 0 aliphatic heterocycles. The van der Waals surface area contributed by atoms with Crippen molar-refractivity contribution < 1.29 is 23.9 Å². The second-order valence-corrected chi connectivity index (χ2v) is 10.9. The molecular formula is C33H55NO5. The molecule has 0 radical (unpaired) electrons. The summed E-state index contributed by atoms with van der Waals surface area (Å²) in [5.41, 5.74) is 1.39. The van der Waals surface area contributed by atoms with E-state index < -0.39 is 17.9 Å². The summed E-state index contributed by atoms with van der Waals surface area (Å²) in [5.74, 6) is -1.50. The number of hydrogen-bond donors (Lipinski definition) is 1. The van der Waals surface area contributed by atoms with Gasteiger partial charge in [-0.2, -0.15) is 0 Å². The van der Waals surface area contributed by atoms with Gasteiger partial charge in [0.2, 0.25) is 0 Å². The van der Waals surface area contributed by atoms with Crippen molar-refractivity contribution in [2.45, 2.75) is 124 Å². The van der Waals surface area contributed by atoms with Gasteiger partial charge in [0.25, 0.3) is 0 Å². The van der Waals surface area contributed by atoms with Crippen LogP contribution in [0, 0.1) is 11.8 Å². The van der Waals surface area contributed by atoms with E-state index in [1.165, 1.54) is 77.0 Å². The van der Waals surface area contributed by atoms with Crippen LogP contribution >= 0.6 is 0 Å². The predicted molar refractivity (Wildman–Crippen MR) is 160 cm³/mol. The number of ketones is 1. The number of nitrogens with one attached hydrogen (secondary N) is 1. The highest BCUT2D eigenvalue weighted by molar-refractivity contribution is 6.08. The zero-order valence-electron chi connectivity index (χ0n) is 25.2. The molecule has 6 heteroatoms. The van der Waals surface area contributed by atoms with Gasteiger partial charge in [0, 0.05) is 24.2 Å². The highest BCUT2D eigenvalue weighted by Gasteiger charge is 2.29. The summed E-state index contributed by atoms with van der Waals surface area (Å²) >= 11 is 0. The fourth-order valence-corrected chi connectivity index (χ4v) is 4.73. The number of anilines is 1. The topological polar surface area (TPSA) is 81.7 Å². The summed E-state index contributed by atoms with van der Waals surface area (Å²) in [5, 5.41) is 3.42. The van der Waals surface area contributed by atoms with Crippen LogP contribution < -0.4 is 5.32 Å². The van der Waals surface area contributed by atoms with Gasteiger partial charge in [0.05, 0.1) is 13.2 Å². The average molecular weight is 546 g/mol. The van der Waals surface area contributed by atoms with Gasteiger partial charge in [-0.1, -0.05) is 90.9 Å². The molecule has 1 unspecified atom stereocenters. The summed E-state index contributed by atoms with van der Waals surface area (Å²) in [6.07, 6.45) is 17.5. The third kappa shape index (κ3) is 17.0. The highest BCUT2D eigenvalue weighted by atomic mass is 16.5. The molecule has 1 atom stereocenters. The molecule has 0 amide bonds. The van der Waals surface area contributed by atoms with Crippen LogP contribution in [0.4, 0.5) is 5.69 Å². The van der Waals surface area contributed by atoms with Crippen molar-refractivity contribution >= 4 is 23.4 Å². The Labute approximate surface area is 238 Å². The van der Waals surface area contributed by atoms with Crippen LogP contribution in [0.15, 0.2) is 24.3 Å². The van der Waals surface area contributed by atoms with E-state index in [-0.39, 0.29) is 31.8 Å². The molecular weight excluding hydrogens is 490 g/mol. The van der Waals surface area contributed by atoms with E-state index in [9.17, 15) is 14.4 Å². The van der Waals surface area contributed by atoms with Crippen molar-refractivity contribution in [2.24, 2.45) is 11.8 Å². The first kappa shape index (κ1) is 34.7. The second-order valence-electron chi connectivity index (χ2n) is 10.9. The van der Waals surface area contributed by atoms with Gasteiger partial charge in [-0.15, -0.1) is 0 Å². The lowest BCUT2D eigenvalue weighted by atomic mass is 9.93. The van der Waals surface area contributed by atoms with E-state index in [1.807, 2.05) is 12.1 Å². The minimum atomic E-state index is -1.01. The first-order valence-electron chi connectivity index (χ1n) is 15.6. The van der Waals surface area contributed by atoms with Gasteiger partial charge in [-0.3, -0.25) is 14.4 Å². The lowest BCUT2D eigenvalue weighted by molar-refractivity contribution is -0.147. The van der Waals surface area contributed by atoms with E-state index in [4.69, 9.17) is 9.47 Å². The largest absolute Gasteiger partial charge is 0.466 e. The summed E-state index contributed by atoms with van der Waals surface area (Å²) in [6.45, 7) is 9.39. The number of carbonyl (C=O) groups excluding carboxylic acids is 3. The van der Waals surface area contributed by atoms with Crippen molar-refractivity contribution in [2.75, 3.05) is 25.1 Å². The molecule has 0 bridgehead atoms. The van der Waals surface area contributed by atoms with Crippen molar-refractivity contribution in [3.63, 3.8) is 0 Å². The van der Waals surface area contributed by atoms with Crippen molar-refractivity contribution in [1.82, 2.24) is 0 Å². The Morgan fingerprint density at radius 1 is 0.692 bits per heavy atom. The molecule has 0 aliphatic rings. The number of benzene rings is 1. The minimum absolute atomic E-state index is 0.00137. The SMILES string of the molecule is CCOC(=O)CCC(C(=O)OCC)C(=O)c1ccc(NCCCCCCCCCCCCCCC(C)C)cc1. The predicted octanol–water partition coefficient (Wildman–Crippen LogP) is 8.53. The van der Waals surface area contributed by atoms with E-state index in [1.54, 1.807) is 26.0 Å². The molecule has 0 saturated heterocycles. The molecule has 1 aromatic rings. The molecule has 0 fully saturated rings. The molecule has 0 aliphatic carbocycles. The van der Waals surface area contributed by atoms with Crippen LogP contribution in [0.25, 0.3) is 0 Å². The number of carbonyl (C=O) groups is 3. The monoisotopic (exact) mass is 545 g/mol. The fourth-order valence-electron chi connectivity index (χ4n) is 4.73. The maximum atomic E-state index is 13.0. The first-order chi connectivity index (χ1) is 18.9. The average Bonchev–Trinajstić information content (AvgIpc) is 2.91. The molecule has 1 aromatic carbocycles. The molecule has 1 rings (SSSR count). The van der Waals surface area contributed by atoms with Crippen molar-refractivity contribution in [1.29, 1.82) is 0 Å². The van der Waals surface area contributed by atoms with Crippen LogP contribution in [-0.4, -0.2) is 37.5 Å². The molecule has 0 aromatic heterocycles. The minimum Gasteiger partial charge on any atom is -0.466 e. The third-order valence-corrected chi connectivity index (χ3v) is 7.04. The van der Waals surface area contributed by atoms with Gasteiger partial charge in [0.15, 0.2) is 5.78 Å². The Morgan fingerprint density at radius 3 is 1.72 bits per heavy atom. The Bertz CT molecular complexity index is 790. The first-order valence-corrected chi connectivity index (χ1v) is 15.6. The summed E-state index contributed by atoms with van der Waals surface area (Å²) in [4.78, 5) is 37.1. The Hall–Kier alpha value is -2.37. The van der Waals surface area contributed by atoms with Crippen LogP contribution in [0.3, 0.4) is 0 Å². The van der Waals surface area contributed by atoms with Gasteiger partial charge < -0.3 is 14.8 Å². The van der Waals surface area contributed by atoms with E-state index in [0.717, 1.165) is 24.6 Å². The Kier molecular flexibility index (Phi) is 19.9. The summed E-state index contributed by atoms with van der Waals surface area (Å²) < 4.78 is 10.0. The molecule has 0 heterocycles. The standard InChI is InChI=1S/C33H55NO5/c1-5-38-31(35)25-24-30(33(37)39-6-2)32(36)28-20-22-29(23-21-28)34-26-18-16-14-12-10-8-7-9-11-13-15-17-19-27(3)4/h20-23,27,30,34H,5-19,24-26H2,1-4H3. The highest BCUT2D eigenvalue weighted by Crippen LogP contribution is 2.19. The molecule has 1 N–H and O–H groups in total.